The minimum atomic E-state index is -1.14. The molecule has 3 rings (SSSR count). The fraction of sp³-hybridized carbons (Fsp3) is 0.250. The van der Waals surface area contributed by atoms with Crippen LogP contribution in [-0.2, 0) is 9.53 Å². The summed E-state index contributed by atoms with van der Waals surface area (Å²) in [5.74, 6) is -0.463. The van der Waals surface area contributed by atoms with Crippen LogP contribution in [0.1, 0.15) is 31.9 Å². The number of nitrogens with zero attached hydrogens (tertiary/aromatic N) is 1. The van der Waals surface area contributed by atoms with E-state index >= 15 is 0 Å². The number of alkyl carbamates (subject to hydrolysis) is 1. The molecule has 2 N–H and O–H groups in total. The van der Waals surface area contributed by atoms with Crippen LogP contribution in [0.4, 0.5) is 10.5 Å². The first kappa shape index (κ1) is 18.9. The van der Waals surface area contributed by atoms with Crippen LogP contribution >= 0.6 is 11.6 Å². The Hall–Kier alpha value is -2.86. The van der Waals surface area contributed by atoms with E-state index in [0.29, 0.717) is 22.0 Å². The van der Waals surface area contributed by atoms with Gasteiger partial charge in [0.25, 0.3) is 5.91 Å². The van der Waals surface area contributed by atoms with Crippen molar-refractivity contribution in [3.63, 3.8) is 0 Å². The van der Waals surface area contributed by atoms with Crippen LogP contribution in [0.15, 0.2) is 53.5 Å². The molecule has 2 aromatic carbocycles. The molecule has 7 heteroatoms. The molecule has 0 aromatic heterocycles. The number of fused-ring (bicyclic) bond motifs is 1. The van der Waals surface area contributed by atoms with Gasteiger partial charge in [-0.25, -0.2) is 9.79 Å². The van der Waals surface area contributed by atoms with Crippen LogP contribution in [0.2, 0.25) is 5.02 Å². The number of benzodiazepines with no additional fused rings is 1. The van der Waals surface area contributed by atoms with Gasteiger partial charge >= 0.3 is 6.09 Å². The van der Waals surface area contributed by atoms with E-state index in [0.717, 1.165) is 5.56 Å². The summed E-state index contributed by atoms with van der Waals surface area (Å²) < 4.78 is 5.25. The molecular formula is C20H20ClN3O3. The maximum atomic E-state index is 12.6. The van der Waals surface area contributed by atoms with E-state index in [4.69, 9.17) is 16.3 Å². The first-order valence-electron chi connectivity index (χ1n) is 8.46. The van der Waals surface area contributed by atoms with E-state index in [1.54, 1.807) is 39.0 Å². The zero-order valence-electron chi connectivity index (χ0n) is 15.2. The quantitative estimate of drug-likeness (QED) is 0.820. The summed E-state index contributed by atoms with van der Waals surface area (Å²) in [6.45, 7) is 5.24. The van der Waals surface area contributed by atoms with Crippen molar-refractivity contribution < 1.29 is 14.3 Å². The van der Waals surface area contributed by atoms with Gasteiger partial charge in [0.15, 0.2) is 0 Å². The molecule has 27 heavy (non-hydrogen) atoms. The number of rotatable bonds is 2. The van der Waals surface area contributed by atoms with Crippen molar-refractivity contribution in [3.05, 3.63) is 64.7 Å². The molecule has 1 heterocycles. The molecule has 0 spiro atoms. The van der Waals surface area contributed by atoms with Crippen molar-refractivity contribution in [2.45, 2.75) is 32.5 Å². The van der Waals surface area contributed by atoms with E-state index in [9.17, 15) is 9.59 Å². The smallest absolute Gasteiger partial charge is 0.409 e. The molecule has 0 fully saturated rings. The monoisotopic (exact) mass is 385 g/mol. The highest BCUT2D eigenvalue weighted by Gasteiger charge is 2.29. The van der Waals surface area contributed by atoms with Crippen molar-refractivity contribution in [2.24, 2.45) is 4.99 Å². The maximum absolute atomic E-state index is 12.6. The Labute approximate surface area is 162 Å². The second kappa shape index (κ2) is 7.40. The Kier molecular flexibility index (Phi) is 5.19. The van der Waals surface area contributed by atoms with Crippen LogP contribution < -0.4 is 10.6 Å². The minimum absolute atomic E-state index is 0.463. The molecule has 6 nitrogen and oxygen atoms in total. The van der Waals surface area contributed by atoms with Gasteiger partial charge < -0.3 is 10.1 Å². The molecular weight excluding hydrogens is 366 g/mol. The summed E-state index contributed by atoms with van der Waals surface area (Å²) in [4.78, 5) is 29.3. The molecule has 0 bridgehead atoms. The largest absolute Gasteiger partial charge is 0.444 e. The third-order valence-electron chi connectivity index (χ3n) is 3.70. The maximum Gasteiger partial charge on any atom is 0.409 e. The number of carbonyl (C=O) groups excluding carboxylic acids is 2. The lowest BCUT2D eigenvalue weighted by Gasteiger charge is -2.21. The van der Waals surface area contributed by atoms with Gasteiger partial charge in [0, 0.05) is 16.1 Å². The number of amides is 2. The highest BCUT2D eigenvalue weighted by molar-refractivity contribution is 6.32. The number of carbonyl (C=O) groups is 2. The number of anilines is 1. The number of nitrogens with one attached hydrogen (secondary N) is 2. The summed E-state index contributed by atoms with van der Waals surface area (Å²) in [5.41, 5.74) is 1.91. The lowest BCUT2D eigenvalue weighted by molar-refractivity contribution is -0.118. The SMILES string of the molecule is CC(C)(C)OC(=O)NC1N=C(c2ccccc2)c2cc(Cl)ccc2NC1=O. The van der Waals surface area contributed by atoms with Gasteiger partial charge in [0.05, 0.1) is 11.4 Å². The van der Waals surface area contributed by atoms with Crippen LogP contribution in [0.25, 0.3) is 0 Å². The normalized spacial score (nSPS) is 16.5. The van der Waals surface area contributed by atoms with Crippen LogP contribution in [0, 0.1) is 0 Å². The van der Waals surface area contributed by atoms with Gasteiger partial charge in [0.2, 0.25) is 6.17 Å². The van der Waals surface area contributed by atoms with Gasteiger partial charge in [0.1, 0.15) is 5.60 Å². The lowest BCUT2D eigenvalue weighted by Crippen LogP contribution is -2.44. The zero-order valence-corrected chi connectivity index (χ0v) is 16.0. The Morgan fingerprint density at radius 2 is 1.89 bits per heavy atom. The second-order valence-corrected chi connectivity index (χ2v) is 7.51. The van der Waals surface area contributed by atoms with Gasteiger partial charge in [-0.2, -0.15) is 0 Å². The third-order valence-corrected chi connectivity index (χ3v) is 3.94. The molecule has 0 radical (unpaired) electrons. The van der Waals surface area contributed by atoms with Crippen molar-refractivity contribution in [1.82, 2.24) is 5.32 Å². The van der Waals surface area contributed by atoms with E-state index in [2.05, 4.69) is 15.6 Å². The van der Waals surface area contributed by atoms with Crippen LogP contribution in [0.3, 0.4) is 0 Å². The van der Waals surface area contributed by atoms with Crippen LogP contribution in [-0.4, -0.2) is 29.5 Å². The number of hydrogen-bond acceptors (Lipinski definition) is 4. The average Bonchev–Trinajstić information content (AvgIpc) is 2.71. The van der Waals surface area contributed by atoms with Crippen molar-refractivity contribution in [3.8, 4) is 0 Å². The van der Waals surface area contributed by atoms with Gasteiger partial charge in [-0.3, -0.25) is 10.1 Å². The topological polar surface area (TPSA) is 79.8 Å². The Morgan fingerprint density at radius 1 is 1.19 bits per heavy atom. The zero-order chi connectivity index (χ0) is 19.6. The number of benzene rings is 2. The summed E-state index contributed by atoms with van der Waals surface area (Å²) in [6.07, 6.45) is -1.86. The molecule has 1 unspecified atom stereocenters. The summed E-state index contributed by atoms with van der Waals surface area (Å²) in [6, 6.07) is 14.5. The second-order valence-electron chi connectivity index (χ2n) is 7.07. The van der Waals surface area contributed by atoms with Crippen molar-refractivity contribution in [2.75, 3.05) is 5.32 Å². The number of halogens is 1. The molecule has 2 amide bonds. The van der Waals surface area contributed by atoms with Gasteiger partial charge in [-0.15, -0.1) is 0 Å². The van der Waals surface area contributed by atoms with Crippen molar-refractivity contribution >= 4 is 35.0 Å². The highest BCUT2D eigenvalue weighted by atomic mass is 35.5. The molecule has 2 aromatic rings. The molecule has 140 valence electrons. The standard InChI is InChI=1S/C20H20ClN3O3/c1-20(2,3)27-19(26)24-17-18(25)22-15-10-9-13(21)11-14(15)16(23-17)12-7-5-4-6-8-12/h4-11,17H,1-3H3,(H,22,25)(H,24,26). The third kappa shape index (κ3) is 4.65. The molecule has 0 saturated heterocycles. The first-order chi connectivity index (χ1) is 12.7. The summed E-state index contributed by atoms with van der Waals surface area (Å²) >= 11 is 6.15. The number of hydrogen-bond donors (Lipinski definition) is 2. The summed E-state index contributed by atoms with van der Waals surface area (Å²) in [7, 11) is 0. The van der Waals surface area contributed by atoms with Crippen LogP contribution in [0.5, 0.6) is 0 Å². The van der Waals surface area contributed by atoms with Crippen molar-refractivity contribution in [1.29, 1.82) is 0 Å². The van der Waals surface area contributed by atoms with E-state index in [1.807, 2.05) is 30.3 Å². The minimum Gasteiger partial charge on any atom is -0.444 e. The van der Waals surface area contributed by atoms with E-state index < -0.39 is 23.8 Å². The lowest BCUT2D eigenvalue weighted by atomic mass is 10.0. The molecule has 1 atom stereocenters. The summed E-state index contributed by atoms with van der Waals surface area (Å²) in [5, 5.41) is 5.82. The fourth-order valence-corrected chi connectivity index (χ4v) is 2.79. The average molecular weight is 386 g/mol. The Bertz CT molecular complexity index is 904. The van der Waals surface area contributed by atoms with Gasteiger partial charge in [-0.1, -0.05) is 41.9 Å². The van der Waals surface area contributed by atoms with Gasteiger partial charge in [-0.05, 0) is 39.0 Å². The molecule has 0 aliphatic carbocycles. The van der Waals surface area contributed by atoms with E-state index in [-0.39, 0.29) is 0 Å². The molecule has 1 aliphatic rings. The molecule has 1 aliphatic heterocycles. The highest BCUT2D eigenvalue weighted by Crippen LogP contribution is 2.27. The molecule has 0 saturated carbocycles. The van der Waals surface area contributed by atoms with E-state index in [1.165, 1.54) is 0 Å². The Morgan fingerprint density at radius 3 is 2.56 bits per heavy atom. The number of ether oxygens (including phenoxy) is 1. The Balaban J connectivity index is 2.03. The predicted octanol–water partition coefficient (Wildman–Crippen LogP) is 3.98. The predicted molar refractivity (Wildman–Crippen MR) is 105 cm³/mol. The number of aliphatic imine (C=N–C) groups is 1. The fourth-order valence-electron chi connectivity index (χ4n) is 2.62. The first-order valence-corrected chi connectivity index (χ1v) is 8.84.